The first-order valence-electron chi connectivity index (χ1n) is 5.22. The number of hydrogen-bond donors (Lipinski definition) is 1. The van der Waals surface area contributed by atoms with Gasteiger partial charge in [0.05, 0.1) is 0 Å². The van der Waals surface area contributed by atoms with E-state index in [0.717, 1.165) is 6.07 Å². The van der Waals surface area contributed by atoms with E-state index in [1.807, 2.05) is 0 Å². The summed E-state index contributed by atoms with van der Waals surface area (Å²) in [6, 6.07) is 3.26. The van der Waals surface area contributed by atoms with Gasteiger partial charge in [-0.15, -0.1) is 0 Å². The van der Waals surface area contributed by atoms with Crippen molar-refractivity contribution in [3.05, 3.63) is 35.4 Å². The van der Waals surface area contributed by atoms with Crippen LogP contribution in [0.2, 0.25) is 0 Å². The zero-order valence-corrected chi connectivity index (χ0v) is 9.55. The predicted molar refractivity (Wildman–Crippen MR) is 59.7 cm³/mol. The van der Waals surface area contributed by atoms with Crippen molar-refractivity contribution in [3.63, 3.8) is 0 Å². The molecular weight excluding hydrogens is 226 g/mol. The number of carbonyl (C=O) groups is 1. The molecule has 0 saturated heterocycles. The monoisotopic (exact) mass is 238 g/mol. The van der Waals surface area contributed by atoms with Gasteiger partial charge in [0.1, 0.15) is 23.0 Å². The predicted octanol–water partition coefficient (Wildman–Crippen LogP) is 1.81. The van der Waals surface area contributed by atoms with E-state index in [1.165, 1.54) is 12.1 Å². The number of halogens is 2. The van der Waals surface area contributed by atoms with Gasteiger partial charge in [0.2, 0.25) is 0 Å². The highest BCUT2D eigenvalue weighted by molar-refractivity contribution is 6.08. The average Bonchev–Trinajstić information content (AvgIpc) is 2.37. The minimum absolute atomic E-state index is 0.204. The van der Waals surface area contributed by atoms with E-state index in [-0.39, 0.29) is 12.3 Å². The third-order valence-corrected chi connectivity index (χ3v) is 2.52. The smallest absolute Gasteiger partial charge is 0.252 e. The van der Waals surface area contributed by atoms with Crippen molar-refractivity contribution in [1.82, 2.24) is 5.32 Å². The zero-order chi connectivity index (χ0) is 12.6. The number of carbonyl (C=O) groups excluding carboxylic acids is 1. The normalized spacial score (nSPS) is 17.9. The molecule has 1 heterocycles. The maximum Gasteiger partial charge on any atom is 0.252 e. The van der Waals surface area contributed by atoms with Crippen molar-refractivity contribution in [2.45, 2.75) is 25.8 Å². The van der Waals surface area contributed by atoms with E-state index in [9.17, 15) is 13.6 Å². The number of amidine groups is 1. The second kappa shape index (κ2) is 3.91. The molecule has 1 aliphatic rings. The molecule has 17 heavy (non-hydrogen) atoms. The van der Waals surface area contributed by atoms with Crippen LogP contribution < -0.4 is 5.32 Å². The molecule has 0 bridgehead atoms. The van der Waals surface area contributed by atoms with Crippen LogP contribution in [0.5, 0.6) is 0 Å². The van der Waals surface area contributed by atoms with Crippen molar-refractivity contribution in [1.29, 1.82) is 0 Å². The van der Waals surface area contributed by atoms with Gasteiger partial charge in [-0.3, -0.25) is 9.79 Å². The molecule has 0 atom stereocenters. The fraction of sp³-hybridized carbons (Fsp3) is 0.333. The van der Waals surface area contributed by atoms with E-state index in [4.69, 9.17) is 0 Å². The maximum atomic E-state index is 13.0. The van der Waals surface area contributed by atoms with Gasteiger partial charge >= 0.3 is 0 Å². The number of benzene rings is 1. The number of aliphatic imine (C=N–C) groups is 1. The summed E-state index contributed by atoms with van der Waals surface area (Å²) in [4.78, 5) is 15.6. The first-order chi connectivity index (χ1) is 7.87. The van der Waals surface area contributed by atoms with Gasteiger partial charge in [-0.1, -0.05) is 0 Å². The first kappa shape index (κ1) is 11.7. The van der Waals surface area contributed by atoms with Crippen molar-refractivity contribution in [2.75, 3.05) is 0 Å². The fourth-order valence-electron chi connectivity index (χ4n) is 1.69. The number of nitrogens with zero attached hydrogens (tertiary/aromatic N) is 1. The van der Waals surface area contributed by atoms with E-state index < -0.39 is 17.2 Å². The van der Waals surface area contributed by atoms with Crippen LogP contribution in [0.1, 0.15) is 19.4 Å². The Morgan fingerprint density at radius 1 is 1.24 bits per heavy atom. The summed E-state index contributed by atoms with van der Waals surface area (Å²) >= 11 is 0. The Labute approximate surface area is 97.6 Å². The minimum Gasteiger partial charge on any atom is -0.312 e. The van der Waals surface area contributed by atoms with Gasteiger partial charge in [0, 0.05) is 12.5 Å². The Kier molecular flexibility index (Phi) is 2.69. The van der Waals surface area contributed by atoms with Crippen LogP contribution in [0.25, 0.3) is 0 Å². The summed E-state index contributed by atoms with van der Waals surface area (Å²) in [5.41, 5.74) is -0.361. The molecule has 1 aromatic rings. The Hall–Kier alpha value is -1.78. The van der Waals surface area contributed by atoms with Crippen LogP contribution in [-0.4, -0.2) is 17.3 Å². The standard InChI is InChI=1S/C12H12F2N2O/c1-12(2)11(17)15-10(16-12)5-7-3-8(13)6-9(14)4-7/h3-4,6H,5H2,1-2H3,(H,15,16,17). The maximum absolute atomic E-state index is 13.0. The Bertz CT molecular complexity index is 489. The molecule has 0 spiro atoms. The van der Waals surface area contributed by atoms with Crippen molar-refractivity contribution < 1.29 is 13.6 Å². The molecule has 0 saturated carbocycles. The molecule has 1 N–H and O–H groups in total. The van der Waals surface area contributed by atoms with Crippen molar-refractivity contribution >= 4 is 11.7 Å². The van der Waals surface area contributed by atoms with E-state index >= 15 is 0 Å². The number of rotatable bonds is 2. The molecule has 1 aliphatic heterocycles. The number of nitrogens with one attached hydrogen (secondary N) is 1. The van der Waals surface area contributed by atoms with E-state index in [2.05, 4.69) is 10.3 Å². The van der Waals surface area contributed by atoms with Gasteiger partial charge in [-0.25, -0.2) is 8.78 Å². The second-order valence-corrected chi connectivity index (χ2v) is 4.53. The molecule has 3 nitrogen and oxygen atoms in total. The van der Waals surface area contributed by atoms with Crippen LogP contribution in [0.4, 0.5) is 8.78 Å². The molecular formula is C12H12F2N2O. The molecule has 0 unspecified atom stereocenters. The molecule has 1 aromatic carbocycles. The molecule has 0 aromatic heterocycles. The summed E-state index contributed by atoms with van der Waals surface area (Å²) < 4.78 is 25.9. The largest absolute Gasteiger partial charge is 0.312 e. The molecule has 0 aliphatic carbocycles. The highest BCUT2D eigenvalue weighted by Gasteiger charge is 2.33. The lowest BCUT2D eigenvalue weighted by Crippen LogP contribution is -2.34. The zero-order valence-electron chi connectivity index (χ0n) is 9.55. The number of hydrogen-bond acceptors (Lipinski definition) is 2. The van der Waals surface area contributed by atoms with E-state index in [0.29, 0.717) is 11.4 Å². The Morgan fingerprint density at radius 2 is 1.82 bits per heavy atom. The Balaban J connectivity index is 2.20. The van der Waals surface area contributed by atoms with Gasteiger partial charge in [-0.05, 0) is 31.5 Å². The van der Waals surface area contributed by atoms with Crippen LogP contribution in [0.15, 0.2) is 23.2 Å². The quantitative estimate of drug-likeness (QED) is 0.838. The molecule has 2 rings (SSSR count). The molecule has 0 radical (unpaired) electrons. The van der Waals surface area contributed by atoms with Crippen molar-refractivity contribution in [3.8, 4) is 0 Å². The van der Waals surface area contributed by atoms with Crippen LogP contribution >= 0.6 is 0 Å². The third-order valence-electron chi connectivity index (χ3n) is 2.52. The molecule has 90 valence electrons. The van der Waals surface area contributed by atoms with Gasteiger partial charge < -0.3 is 5.32 Å². The minimum atomic E-state index is -0.804. The Morgan fingerprint density at radius 3 is 2.29 bits per heavy atom. The SMILES string of the molecule is CC1(C)N=C(Cc2cc(F)cc(F)c2)NC1=O. The second-order valence-electron chi connectivity index (χ2n) is 4.53. The van der Waals surface area contributed by atoms with Crippen molar-refractivity contribution in [2.24, 2.45) is 4.99 Å². The van der Waals surface area contributed by atoms with Gasteiger partial charge in [0.15, 0.2) is 0 Å². The van der Waals surface area contributed by atoms with E-state index in [1.54, 1.807) is 13.8 Å². The summed E-state index contributed by atoms with van der Waals surface area (Å²) in [6.07, 6.45) is 0.212. The van der Waals surface area contributed by atoms with Gasteiger partial charge in [0.25, 0.3) is 5.91 Å². The summed E-state index contributed by atoms with van der Waals surface area (Å²) in [7, 11) is 0. The molecule has 1 amide bonds. The summed E-state index contributed by atoms with van der Waals surface area (Å²) in [5.74, 6) is -1.04. The van der Waals surface area contributed by atoms with Gasteiger partial charge in [-0.2, -0.15) is 0 Å². The van der Waals surface area contributed by atoms with Crippen LogP contribution in [0.3, 0.4) is 0 Å². The molecule has 5 heteroatoms. The fourth-order valence-corrected chi connectivity index (χ4v) is 1.69. The van der Waals surface area contributed by atoms with Crippen LogP contribution in [-0.2, 0) is 11.2 Å². The summed E-state index contributed by atoms with van der Waals surface area (Å²) in [5, 5.41) is 2.60. The summed E-state index contributed by atoms with van der Waals surface area (Å²) in [6.45, 7) is 3.36. The highest BCUT2D eigenvalue weighted by atomic mass is 19.1. The highest BCUT2D eigenvalue weighted by Crippen LogP contribution is 2.17. The lowest BCUT2D eigenvalue weighted by atomic mass is 10.1. The third kappa shape index (κ3) is 2.49. The average molecular weight is 238 g/mol. The topological polar surface area (TPSA) is 41.5 Å². The first-order valence-corrected chi connectivity index (χ1v) is 5.22. The molecule has 0 fully saturated rings. The lowest BCUT2D eigenvalue weighted by molar-refractivity contribution is -0.122. The van der Waals surface area contributed by atoms with Crippen LogP contribution in [0, 0.1) is 11.6 Å². The lowest BCUT2D eigenvalue weighted by Gasteiger charge is -2.07. The number of amides is 1.